The molecule has 0 saturated heterocycles. The zero-order valence-electron chi connectivity index (χ0n) is 10.4. The highest BCUT2D eigenvalue weighted by Crippen LogP contribution is 2.31. The van der Waals surface area contributed by atoms with Crippen LogP contribution in [0.15, 0.2) is 0 Å². The number of thiol groups is 2. The molecule has 92 valence electrons. The molecule has 2 nitrogen and oxygen atoms in total. The molecule has 0 aliphatic rings. The smallest absolute Gasteiger partial charge is 0.348 e. The van der Waals surface area contributed by atoms with Gasteiger partial charge in [0.2, 0.25) is 0 Å². The second-order valence-corrected chi connectivity index (χ2v) is 9.44. The molecule has 0 aromatic heterocycles. The minimum atomic E-state index is -1.85. The van der Waals surface area contributed by atoms with Gasteiger partial charge in [-0.3, -0.25) is 0 Å². The molecule has 0 unspecified atom stereocenters. The Bertz CT molecular complexity index is 165. The molecule has 0 aromatic carbocycles. The van der Waals surface area contributed by atoms with Crippen molar-refractivity contribution in [2.75, 3.05) is 0 Å². The van der Waals surface area contributed by atoms with E-state index >= 15 is 0 Å². The van der Waals surface area contributed by atoms with Crippen LogP contribution in [-0.2, 0) is 8.85 Å². The summed E-state index contributed by atoms with van der Waals surface area (Å²) in [7, 11) is -1.85. The number of rotatable bonds is 7. The Morgan fingerprint density at radius 1 is 1.07 bits per heavy atom. The second kappa shape index (κ2) is 7.22. The zero-order valence-corrected chi connectivity index (χ0v) is 13.3. The summed E-state index contributed by atoms with van der Waals surface area (Å²) in [6.07, 6.45) is 2.31. The molecule has 0 spiro atoms. The van der Waals surface area contributed by atoms with E-state index < -0.39 is 9.28 Å². The van der Waals surface area contributed by atoms with Crippen LogP contribution in [0.5, 0.6) is 0 Å². The van der Waals surface area contributed by atoms with E-state index in [0.717, 1.165) is 12.8 Å². The van der Waals surface area contributed by atoms with Crippen molar-refractivity contribution in [3.8, 4) is 0 Å². The van der Waals surface area contributed by atoms with E-state index in [1.807, 2.05) is 27.7 Å². The minimum absolute atomic E-state index is 0.177. The van der Waals surface area contributed by atoms with Gasteiger partial charge in [0.15, 0.2) is 0 Å². The van der Waals surface area contributed by atoms with Gasteiger partial charge in [-0.05, 0) is 34.1 Å². The standard InChI is InChI=1S/C10H24O2S2Si/c1-6-7-10(13,14)15(11-8(2)3)12-9(4)5/h8-9,13-15H,6-7H2,1-5H3. The lowest BCUT2D eigenvalue weighted by molar-refractivity contribution is 0.126. The Hall–Kier alpha value is 0.837. The van der Waals surface area contributed by atoms with Crippen molar-refractivity contribution in [1.29, 1.82) is 0 Å². The van der Waals surface area contributed by atoms with Crippen LogP contribution >= 0.6 is 25.3 Å². The fourth-order valence-corrected chi connectivity index (χ4v) is 4.42. The van der Waals surface area contributed by atoms with E-state index in [9.17, 15) is 0 Å². The predicted octanol–water partition coefficient (Wildman–Crippen LogP) is 2.95. The molecule has 0 amide bonds. The summed E-state index contributed by atoms with van der Waals surface area (Å²) in [4.78, 5) is 0. The lowest BCUT2D eigenvalue weighted by atomic mass is 10.4. The minimum Gasteiger partial charge on any atom is -0.393 e. The summed E-state index contributed by atoms with van der Waals surface area (Å²) in [5.41, 5.74) is 0. The molecule has 0 saturated carbocycles. The highest BCUT2D eigenvalue weighted by molar-refractivity contribution is 8.03. The highest BCUT2D eigenvalue weighted by atomic mass is 32.2. The van der Waals surface area contributed by atoms with Crippen LogP contribution in [0.1, 0.15) is 47.5 Å². The first-order chi connectivity index (χ1) is 6.79. The fraction of sp³-hybridized carbons (Fsp3) is 1.00. The molecule has 0 radical (unpaired) electrons. The van der Waals surface area contributed by atoms with Crippen LogP contribution in [0.2, 0.25) is 0 Å². The zero-order chi connectivity index (χ0) is 12.1. The normalized spacial score (nSPS) is 13.2. The highest BCUT2D eigenvalue weighted by Gasteiger charge is 2.37. The van der Waals surface area contributed by atoms with Gasteiger partial charge in [0.25, 0.3) is 0 Å². The third-order valence-corrected chi connectivity index (χ3v) is 6.13. The second-order valence-electron chi connectivity index (χ2n) is 4.33. The van der Waals surface area contributed by atoms with Crippen molar-refractivity contribution in [2.45, 2.75) is 63.4 Å². The van der Waals surface area contributed by atoms with Crippen LogP contribution in [-0.4, -0.2) is 25.2 Å². The Labute approximate surface area is 107 Å². The van der Waals surface area contributed by atoms with Gasteiger partial charge >= 0.3 is 9.28 Å². The van der Waals surface area contributed by atoms with E-state index in [4.69, 9.17) is 8.85 Å². The van der Waals surface area contributed by atoms with Gasteiger partial charge in [0.1, 0.15) is 0 Å². The molecule has 0 heterocycles. The lowest BCUT2D eigenvalue weighted by Gasteiger charge is -2.32. The van der Waals surface area contributed by atoms with E-state index in [2.05, 4.69) is 32.2 Å². The maximum absolute atomic E-state index is 5.84. The van der Waals surface area contributed by atoms with Gasteiger partial charge in [-0.1, -0.05) is 13.3 Å². The summed E-state index contributed by atoms with van der Waals surface area (Å²) in [6, 6.07) is 0. The summed E-state index contributed by atoms with van der Waals surface area (Å²) >= 11 is 9.17. The first-order valence-electron chi connectivity index (χ1n) is 5.55. The van der Waals surface area contributed by atoms with Gasteiger partial charge in [-0.2, -0.15) is 25.3 Å². The SMILES string of the molecule is CCCC(S)(S)[SiH](OC(C)C)OC(C)C. The molecular weight excluding hydrogens is 244 g/mol. The Morgan fingerprint density at radius 2 is 1.47 bits per heavy atom. The number of hydrogen-bond acceptors (Lipinski definition) is 4. The van der Waals surface area contributed by atoms with Crippen molar-refractivity contribution in [3.63, 3.8) is 0 Å². The van der Waals surface area contributed by atoms with Crippen LogP contribution in [0.4, 0.5) is 0 Å². The fourth-order valence-electron chi connectivity index (χ4n) is 1.23. The van der Waals surface area contributed by atoms with Crippen molar-refractivity contribution in [2.24, 2.45) is 0 Å². The van der Waals surface area contributed by atoms with E-state index in [1.54, 1.807) is 0 Å². The van der Waals surface area contributed by atoms with Crippen LogP contribution in [0.25, 0.3) is 0 Å². The largest absolute Gasteiger partial charge is 0.393 e. The van der Waals surface area contributed by atoms with Gasteiger partial charge in [-0.15, -0.1) is 0 Å². The number of hydrogen-bond donors (Lipinski definition) is 2. The molecule has 0 fully saturated rings. The van der Waals surface area contributed by atoms with Crippen molar-refractivity contribution >= 4 is 34.5 Å². The average Bonchev–Trinajstić information content (AvgIpc) is 2.00. The van der Waals surface area contributed by atoms with E-state index in [-0.39, 0.29) is 15.9 Å². The molecule has 0 N–H and O–H groups in total. The summed E-state index contributed by atoms with van der Waals surface area (Å²) in [5, 5.41) is 0. The quantitative estimate of drug-likeness (QED) is 0.420. The molecule has 0 aliphatic heterocycles. The van der Waals surface area contributed by atoms with Crippen molar-refractivity contribution in [1.82, 2.24) is 0 Å². The van der Waals surface area contributed by atoms with Crippen LogP contribution in [0, 0.1) is 0 Å². The Balaban J connectivity index is 4.45. The molecule has 0 atom stereocenters. The summed E-state index contributed by atoms with van der Waals surface area (Å²) in [6.45, 7) is 10.2. The monoisotopic (exact) mass is 268 g/mol. The van der Waals surface area contributed by atoms with Gasteiger partial charge in [0.05, 0.1) is 3.70 Å². The van der Waals surface area contributed by atoms with Crippen LogP contribution < -0.4 is 0 Å². The topological polar surface area (TPSA) is 18.5 Å². The van der Waals surface area contributed by atoms with Gasteiger partial charge in [-0.25, -0.2) is 0 Å². The molecule has 0 aliphatic carbocycles. The van der Waals surface area contributed by atoms with Crippen molar-refractivity contribution in [3.05, 3.63) is 0 Å². The first kappa shape index (κ1) is 15.8. The Morgan fingerprint density at radius 3 is 1.73 bits per heavy atom. The molecule has 15 heavy (non-hydrogen) atoms. The summed E-state index contributed by atoms with van der Waals surface area (Å²) in [5.74, 6) is 0. The maximum Gasteiger partial charge on any atom is 0.348 e. The lowest BCUT2D eigenvalue weighted by Crippen LogP contribution is -2.45. The van der Waals surface area contributed by atoms with E-state index in [1.165, 1.54) is 0 Å². The van der Waals surface area contributed by atoms with E-state index in [0.29, 0.717) is 0 Å². The molecule has 0 bridgehead atoms. The average molecular weight is 269 g/mol. The predicted molar refractivity (Wildman–Crippen MR) is 75.2 cm³/mol. The third-order valence-electron chi connectivity index (χ3n) is 1.79. The van der Waals surface area contributed by atoms with Crippen LogP contribution in [0.3, 0.4) is 0 Å². The van der Waals surface area contributed by atoms with Gasteiger partial charge in [0, 0.05) is 12.2 Å². The van der Waals surface area contributed by atoms with Crippen molar-refractivity contribution < 1.29 is 8.85 Å². The molecule has 0 rings (SSSR count). The first-order valence-corrected chi connectivity index (χ1v) is 7.96. The molecule has 0 aromatic rings. The maximum atomic E-state index is 5.84. The molecule has 5 heteroatoms. The Kier molecular flexibility index (Phi) is 7.62. The van der Waals surface area contributed by atoms with Gasteiger partial charge < -0.3 is 8.85 Å². The molecular formula is C10H24O2S2Si. The summed E-state index contributed by atoms with van der Waals surface area (Å²) < 4.78 is 11.3. The third kappa shape index (κ3) is 6.89.